The molecule has 0 radical (unpaired) electrons. The van der Waals surface area contributed by atoms with Crippen LogP contribution >= 0.6 is 0 Å². The molecule has 1 N–H and O–H groups in total. The number of halogens is 6. The average Bonchev–Trinajstić information content (AvgIpc) is 2.34. The highest BCUT2D eigenvalue weighted by atomic mass is 19.4. The number of ether oxygens (including phenoxy) is 1. The third kappa shape index (κ3) is 4.10. The van der Waals surface area contributed by atoms with Gasteiger partial charge in [0, 0.05) is 5.92 Å². The van der Waals surface area contributed by atoms with Crippen molar-refractivity contribution in [3.63, 3.8) is 0 Å². The summed E-state index contributed by atoms with van der Waals surface area (Å²) in [4.78, 5) is 11.7. The molecule has 0 saturated heterocycles. The summed E-state index contributed by atoms with van der Waals surface area (Å²) in [5.74, 6) is -2.57. The summed E-state index contributed by atoms with van der Waals surface area (Å²) in [6.07, 6.45) is -13.7. The molecule has 0 aromatic heterocycles. The van der Waals surface area contributed by atoms with Crippen LogP contribution in [0.1, 0.15) is 46.5 Å². The standard InChI is InChI=1S/C14H20F6O3/c1-11(2,3)10(21)23-9-6-4-8(5-7-9)12(22,13(15,16)17)14(18,19)20/h8-9,22H,4-7H2,1-3H3. The number of hydrogen-bond donors (Lipinski definition) is 1. The van der Waals surface area contributed by atoms with Crippen LogP contribution in [-0.4, -0.2) is 35.1 Å². The number of hydrogen-bond acceptors (Lipinski definition) is 3. The molecule has 136 valence electrons. The molecule has 1 rings (SSSR count). The van der Waals surface area contributed by atoms with Crippen molar-refractivity contribution in [3.8, 4) is 0 Å². The van der Waals surface area contributed by atoms with E-state index in [2.05, 4.69) is 0 Å². The van der Waals surface area contributed by atoms with E-state index in [0.29, 0.717) is 0 Å². The smallest absolute Gasteiger partial charge is 0.426 e. The van der Waals surface area contributed by atoms with Crippen LogP contribution in [0.15, 0.2) is 0 Å². The van der Waals surface area contributed by atoms with E-state index in [4.69, 9.17) is 4.74 Å². The van der Waals surface area contributed by atoms with E-state index in [-0.39, 0.29) is 12.8 Å². The van der Waals surface area contributed by atoms with Crippen molar-refractivity contribution in [2.24, 2.45) is 11.3 Å². The van der Waals surface area contributed by atoms with Crippen LogP contribution in [0.25, 0.3) is 0 Å². The Morgan fingerprint density at radius 2 is 1.30 bits per heavy atom. The number of esters is 1. The highest BCUT2D eigenvalue weighted by Gasteiger charge is 2.73. The fourth-order valence-corrected chi connectivity index (χ4v) is 2.55. The van der Waals surface area contributed by atoms with E-state index in [1.54, 1.807) is 20.8 Å². The molecule has 3 nitrogen and oxygen atoms in total. The summed E-state index contributed by atoms with van der Waals surface area (Å²) >= 11 is 0. The lowest BCUT2D eigenvalue weighted by molar-refractivity contribution is -0.387. The molecule has 0 unspecified atom stereocenters. The molecule has 0 aromatic rings. The van der Waals surface area contributed by atoms with Crippen LogP contribution < -0.4 is 0 Å². The summed E-state index contributed by atoms with van der Waals surface area (Å²) in [6, 6.07) is 0. The van der Waals surface area contributed by atoms with Crippen LogP contribution in [0.5, 0.6) is 0 Å². The van der Waals surface area contributed by atoms with E-state index < -0.39 is 54.2 Å². The monoisotopic (exact) mass is 350 g/mol. The van der Waals surface area contributed by atoms with Crippen LogP contribution in [0, 0.1) is 11.3 Å². The van der Waals surface area contributed by atoms with E-state index in [1.165, 1.54) is 0 Å². The van der Waals surface area contributed by atoms with Gasteiger partial charge < -0.3 is 9.84 Å². The van der Waals surface area contributed by atoms with Gasteiger partial charge in [0.15, 0.2) is 0 Å². The van der Waals surface area contributed by atoms with Gasteiger partial charge in [-0.05, 0) is 46.5 Å². The second-order valence-electron chi connectivity index (χ2n) is 6.89. The van der Waals surface area contributed by atoms with Crippen molar-refractivity contribution in [1.82, 2.24) is 0 Å². The summed E-state index contributed by atoms with van der Waals surface area (Å²) in [6.45, 7) is 4.77. The van der Waals surface area contributed by atoms with E-state index in [1.807, 2.05) is 0 Å². The average molecular weight is 350 g/mol. The number of rotatable bonds is 2. The molecule has 1 fully saturated rings. The Hall–Kier alpha value is -0.990. The fourth-order valence-electron chi connectivity index (χ4n) is 2.55. The van der Waals surface area contributed by atoms with Gasteiger partial charge in [-0.3, -0.25) is 4.79 Å². The molecule has 1 saturated carbocycles. The highest BCUT2D eigenvalue weighted by molar-refractivity contribution is 5.75. The first-order valence-corrected chi connectivity index (χ1v) is 7.17. The molecule has 0 heterocycles. The van der Waals surface area contributed by atoms with Crippen molar-refractivity contribution in [2.75, 3.05) is 0 Å². The van der Waals surface area contributed by atoms with Crippen molar-refractivity contribution in [1.29, 1.82) is 0 Å². The molecule has 0 bridgehead atoms. The summed E-state index contributed by atoms with van der Waals surface area (Å²) in [5, 5.41) is 9.35. The molecule has 1 aliphatic rings. The van der Waals surface area contributed by atoms with Gasteiger partial charge in [-0.15, -0.1) is 0 Å². The van der Waals surface area contributed by atoms with Gasteiger partial charge in [0.05, 0.1) is 5.41 Å². The predicted molar refractivity (Wildman–Crippen MR) is 68.4 cm³/mol. The van der Waals surface area contributed by atoms with Crippen LogP contribution in [0.2, 0.25) is 0 Å². The van der Waals surface area contributed by atoms with Crippen molar-refractivity contribution >= 4 is 5.97 Å². The maximum atomic E-state index is 12.8. The maximum Gasteiger partial charge on any atom is 0.426 e. The predicted octanol–water partition coefficient (Wildman–Crippen LogP) is 3.99. The highest BCUT2D eigenvalue weighted by Crippen LogP contribution is 2.51. The van der Waals surface area contributed by atoms with Crippen molar-refractivity contribution in [2.45, 2.75) is 70.5 Å². The first-order chi connectivity index (χ1) is 10.1. The lowest BCUT2D eigenvalue weighted by Gasteiger charge is -2.41. The lowest BCUT2D eigenvalue weighted by atomic mass is 9.75. The first kappa shape index (κ1) is 20.1. The Bertz CT molecular complexity index is 413. The SMILES string of the molecule is CC(C)(C)C(=O)OC1CCC(C(O)(C(F)(F)F)C(F)(F)F)CC1. The van der Waals surface area contributed by atoms with Gasteiger partial charge in [-0.2, -0.15) is 26.3 Å². The third-order valence-corrected chi connectivity index (χ3v) is 4.02. The molecule has 0 aromatic carbocycles. The van der Waals surface area contributed by atoms with Gasteiger partial charge in [-0.1, -0.05) is 0 Å². The van der Waals surface area contributed by atoms with Gasteiger partial charge in [-0.25, -0.2) is 0 Å². The van der Waals surface area contributed by atoms with Crippen LogP contribution in [0.3, 0.4) is 0 Å². The van der Waals surface area contributed by atoms with E-state index in [0.717, 1.165) is 0 Å². The Morgan fingerprint density at radius 1 is 0.913 bits per heavy atom. The zero-order chi connectivity index (χ0) is 18.3. The van der Waals surface area contributed by atoms with Gasteiger partial charge >= 0.3 is 18.3 Å². The Kier molecular flexibility index (Phi) is 5.36. The van der Waals surface area contributed by atoms with Gasteiger partial charge in [0.2, 0.25) is 0 Å². The number of carbonyl (C=O) groups is 1. The molecular weight excluding hydrogens is 330 g/mol. The zero-order valence-electron chi connectivity index (χ0n) is 13.0. The lowest BCUT2D eigenvalue weighted by Crippen LogP contribution is -2.62. The number of carbonyl (C=O) groups excluding carboxylic acids is 1. The summed E-state index contributed by atoms with van der Waals surface area (Å²) in [5.41, 5.74) is -5.55. The summed E-state index contributed by atoms with van der Waals surface area (Å²) < 4.78 is 81.9. The number of aliphatic hydroxyl groups is 1. The Labute approximate surface area is 130 Å². The minimum atomic E-state index is -5.81. The topological polar surface area (TPSA) is 46.5 Å². The van der Waals surface area contributed by atoms with Crippen molar-refractivity contribution < 1.29 is 41.0 Å². The second-order valence-corrected chi connectivity index (χ2v) is 6.89. The van der Waals surface area contributed by atoms with Gasteiger partial charge in [0.1, 0.15) is 6.10 Å². The molecule has 0 amide bonds. The molecule has 9 heteroatoms. The fraction of sp³-hybridized carbons (Fsp3) is 0.929. The van der Waals surface area contributed by atoms with E-state index >= 15 is 0 Å². The Balaban J connectivity index is 2.80. The maximum absolute atomic E-state index is 12.8. The largest absolute Gasteiger partial charge is 0.462 e. The minimum absolute atomic E-state index is 0.152. The number of alkyl halides is 6. The second kappa shape index (κ2) is 6.14. The minimum Gasteiger partial charge on any atom is -0.462 e. The first-order valence-electron chi connectivity index (χ1n) is 7.17. The molecule has 0 aliphatic heterocycles. The quantitative estimate of drug-likeness (QED) is 0.605. The van der Waals surface area contributed by atoms with Crippen LogP contribution in [0.4, 0.5) is 26.3 Å². The molecular formula is C14H20F6O3. The van der Waals surface area contributed by atoms with Crippen molar-refractivity contribution in [3.05, 3.63) is 0 Å². The zero-order valence-corrected chi connectivity index (χ0v) is 13.0. The van der Waals surface area contributed by atoms with Crippen LogP contribution in [-0.2, 0) is 9.53 Å². The molecule has 1 aliphatic carbocycles. The third-order valence-electron chi connectivity index (χ3n) is 4.02. The Morgan fingerprint density at radius 3 is 1.61 bits per heavy atom. The summed E-state index contributed by atoms with van der Waals surface area (Å²) in [7, 11) is 0. The molecule has 23 heavy (non-hydrogen) atoms. The normalized spacial score (nSPS) is 24.4. The molecule has 0 spiro atoms. The van der Waals surface area contributed by atoms with E-state index in [9.17, 15) is 36.2 Å². The molecule has 0 atom stereocenters. The van der Waals surface area contributed by atoms with Gasteiger partial charge in [0.25, 0.3) is 5.60 Å².